The van der Waals surface area contributed by atoms with Crippen LogP contribution < -0.4 is 10.6 Å². The maximum Gasteiger partial charge on any atom is 0.309 e. The monoisotopic (exact) mass is 447 g/mol. The summed E-state index contributed by atoms with van der Waals surface area (Å²) in [5.74, 6) is -2.05. The summed E-state index contributed by atoms with van der Waals surface area (Å²) in [7, 11) is -3.71. The molecule has 2 N–H and O–H groups in total. The fourth-order valence-electron chi connectivity index (χ4n) is 3.60. The van der Waals surface area contributed by atoms with Crippen molar-refractivity contribution < 1.29 is 22.4 Å². The third-order valence-corrected chi connectivity index (χ3v) is 7.42. The number of hydrogen-bond acceptors (Lipinski definition) is 4. The lowest BCUT2D eigenvalue weighted by atomic mass is 10.2. The molecule has 1 atom stereocenters. The average Bonchev–Trinajstić information content (AvgIpc) is 3.22. The van der Waals surface area contributed by atoms with Crippen molar-refractivity contribution in [1.82, 2.24) is 14.9 Å². The molecule has 31 heavy (non-hydrogen) atoms. The van der Waals surface area contributed by atoms with E-state index in [-0.39, 0.29) is 23.8 Å². The summed E-state index contributed by atoms with van der Waals surface area (Å²) in [6.45, 7) is 4.10. The SMILES string of the molecule is Cc1ccc(C)c(S(=O)(=O)N2CCC[C@H]2CNC(=O)C(=O)NCc2ccc(F)cc2)c1. The van der Waals surface area contributed by atoms with Crippen LogP contribution in [-0.2, 0) is 26.2 Å². The number of rotatable bonds is 6. The van der Waals surface area contributed by atoms with Crippen LogP contribution in [0, 0.1) is 19.7 Å². The van der Waals surface area contributed by atoms with Crippen LogP contribution in [0.5, 0.6) is 0 Å². The highest BCUT2D eigenvalue weighted by Gasteiger charge is 2.36. The van der Waals surface area contributed by atoms with E-state index in [1.54, 1.807) is 19.1 Å². The van der Waals surface area contributed by atoms with Crippen LogP contribution in [-0.4, -0.2) is 43.7 Å². The number of halogens is 1. The molecular weight excluding hydrogens is 421 g/mol. The Hall–Kier alpha value is -2.78. The van der Waals surface area contributed by atoms with Gasteiger partial charge in [-0.3, -0.25) is 9.59 Å². The molecule has 1 saturated heterocycles. The maximum atomic E-state index is 13.2. The molecule has 2 amide bonds. The first-order valence-electron chi connectivity index (χ1n) is 10.1. The minimum Gasteiger partial charge on any atom is -0.346 e. The largest absolute Gasteiger partial charge is 0.346 e. The van der Waals surface area contributed by atoms with Crippen molar-refractivity contribution in [2.24, 2.45) is 0 Å². The van der Waals surface area contributed by atoms with Gasteiger partial charge >= 0.3 is 11.8 Å². The molecule has 0 spiro atoms. The van der Waals surface area contributed by atoms with E-state index in [0.29, 0.717) is 30.5 Å². The van der Waals surface area contributed by atoms with Gasteiger partial charge in [-0.25, -0.2) is 12.8 Å². The summed E-state index contributed by atoms with van der Waals surface area (Å²) in [6.07, 6.45) is 1.28. The summed E-state index contributed by atoms with van der Waals surface area (Å²) in [5.41, 5.74) is 2.18. The second-order valence-electron chi connectivity index (χ2n) is 7.70. The Morgan fingerprint density at radius 2 is 1.74 bits per heavy atom. The van der Waals surface area contributed by atoms with E-state index in [9.17, 15) is 22.4 Å². The number of nitrogens with one attached hydrogen (secondary N) is 2. The van der Waals surface area contributed by atoms with Gasteiger partial charge in [-0.15, -0.1) is 0 Å². The van der Waals surface area contributed by atoms with Crippen LogP contribution in [0.2, 0.25) is 0 Å². The molecule has 0 unspecified atom stereocenters. The predicted octanol–water partition coefficient (Wildman–Crippen LogP) is 2.03. The summed E-state index contributed by atoms with van der Waals surface area (Å²) in [4.78, 5) is 24.5. The predicted molar refractivity (Wildman–Crippen MR) is 114 cm³/mol. The van der Waals surface area contributed by atoms with Crippen molar-refractivity contribution in [3.8, 4) is 0 Å². The Kier molecular flexibility index (Phi) is 7.07. The minimum absolute atomic E-state index is 0.0485. The lowest BCUT2D eigenvalue weighted by Gasteiger charge is -2.25. The first kappa shape index (κ1) is 22.9. The van der Waals surface area contributed by atoms with E-state index in [4.69, 9.17) is 0 Å². The van der Waals surface area contributed by atoms with Crippen molar-refractivity contribution in [2.75, 3.05) is 13.1 Å². The van der Waals surface area contributed by atoms with E-state index < -0.39 is 27.9 Å². The van der Waals surface area contributed by atoms with E-state index in [1.165, 1.54) is 28.6 Å². The summed E-state index contributed by atoms with van der Waals surface area (Å²) < 4.78 is 40.7. The highest BCUT2D eigenvalue weighted by molar-refractivity contribution is 7.89. The molecule has 166 valence electrons. The van der Waals surface area contributed by atoms with Crippen LogP contribution in [0.25, 0.3) is 0 Å². The van der Waals surface area contributed by atoms with Gasteiger partial charge in [-0.05, 0) is 61.6 Å². The van der Waals surface area contributed by atoms with Crippen LogP contribution in [0.15, 0.2) is 47.4 Å². The van der Waals surface area contributed by atoms with Gasteiger partial charge in [0.05, 0.1) is 4.90 Å². The highest BCUT2D eigenvalue weighted by atomic mass is 32.2. The van der Waals surface area contributed by atoms with E-state index in [2.05, 4.69) is 10.6 Å². The molecule has 1 aliphatic heterocycles. The van der Waals surface area contributed by atoms with Gasteiger partial charge in [0, 0.05) is 25.7 Å². The molecule has 0 radical (unpaired) electrons. The molecule has 0 bridgehead atoms. The molecule has 3 rings (SSSR count). The zero-order valence-corrected chi connectivity index (χ0v) is 18.3. The number of carbonyl (C=O) groups is 2. The molecule has 1 aliphatic rings. The number of carbonyl (C=O) groups excluding carboxylic acids is 2. The van der Waals surface area contributed by atoms with Crippen LogP contribution in [0.1, 0.15) is 29.5 Å². The van der Waals surface area contributed by atoms with E-state index >= 15 is 0 Å². The van der Waals surface area contributed by atoms with Gasteiger partial charge in [-0.1, -0.05) is 24.3 Å². The summed E-state index contributed by atoms with van der Waals surface area (Å²) >= 11 is 0. The first-order valence-corrected chi connectivity index (χ1v) is 11.5. The number of sulfonamides is 1. The summed E-state index contributed by atoms with van der Waals surface area (Å²) in [6, 6.07) is 10.4. The van der Waals surface area contributed by atoms with Crippen LogP contribution in [0.4, 0.5) is 4.39 Å². The topological polar surface area (TPSA) is 95.6 Å². The molecule has 0 aliphatic carbocycles. The van der Waals surface area contributed by atoms with E-state index in [1.807, 2.05) is 13.0 Å². The van der Waals surface area contributed by atoms with Gasteiger partial charge < -0.3 is 10.6 Å². The Morgan fingerprint density at radius 1 is 1.06 bits per heavy atom. The normalized spacial score (nSPS) is 16.8. The van der Waals surface area contributed by atoms with Crippen molar-refractivity contribution in [2.45, 2.75) is 44.2 Å². The second kappa shape index (κ2) is 9.57. The average molecular weight is 448 g/mol. The standard InChI is InChI=1S/C22H26FN3O4S/c1-15-5-6-16(2)20(12-15)31(29,30)26-11-3-4-19(26)14-25-22(28)21(27)24-13-17-7-9-18(23)10-8-17/h5-10,12,19H,3-4,11,13-14H2,1-2H3,(H,24,27)(H,25,28)/t19-/m0/s1. The minimum atomic E-state index is -3.71. The third-order valence-electron chi connectivity index (χ3n) is 5.32. The number of aryl methyl sites for hydroxylation is 2. The second-order valence-corrected chi connectivity index (χ2v) is 9.56. The third kappa shape index (κ3) is 5.48. The highest BCUT2D eigenvalue weighted by Crippen LogP contribution is 2.28. The fraction of sp³-hybridized carbons (Fsp3) is 0.364. The Balaban J connectivity index is 1.59. The molecule has 1 heterocycles. The molecule has 7 nitrogen and oxygen atoms in total. The van der Waals surface area contributed by atoms with Crippen LogP contribution in [0.3, 0.4) is 0 Å². The van der Waals surface area contributed by atoms with Crippen LogP contribution >= 0.6 is 0 Å². The fourth-order valence-corrected chi connectivity index (χ4v) is 5.60. The number of hydrogen-bond donors (Lipinski definition) is 2. The summed E-state index contributed by atoms with van der Waals surface area (Å²) in [5, 5.41) is 5.00. The molecule has 2 aromatic rings. The van der Waals surface area contributed by atoms with Gasteiger partial charge in [0.1, 0.15) is 5.82 Å². The number of nitrogens with zero attached hydrogens (tertiary/aromatic N) is 1. The van der Waals surface area contributed by atoms with Crippen molar-refractivity contribution in [3.63, 3.8) is 0 Å². The van der Waals surface area contributed by atoms with Gasteiger partial charge in [0.2, 0.25) is 10.0 Å². The Morgan fingerprint density at radius 3 is 2.45 bits per heavy atom. The molecule has 1 fully saturated rings. The Bertz CT molecular complexity index is 1070. The van der Waals surface area contributed by atoms with Gasteiger partial charge in [0.15, 0.2) is 0 Å². The number of amides is 2. The van der Waals surface area contributed by atoms with Crippen molar-refractivity contribution in [3.05, 3.63) is 65.0 Å². The maximum absolute atomic E-state index is 13.2. The molecular formula is C22H26FN3O4S. The lowest BCUT2D eigenvalue weighted by Crippen LogP contribution is -2.46. The molecule has 0 saturated carbocycles. The van der Waals surface area contributed by atoms with E-state index in [0.717, 1.165) is 5.56 Å². The molecule has 2 aromatic carbocycles. The smallest absolute Gasteiger partial charge is 0.309 e. The van der Waals surface area contributed by atoms with Crippen molar-refractivity contribution in [1.29, 1.82) is 0 Å². The first-order chi connectivity index (χ1) is 14.7. The van der Waals surface area contributed by atoms with Gasteiger partial charge in [0.25, 0.3) is 0 Å². The molecule has 9 heteroatoms. The Labute approximate surface area is 181 Å². The lowest BCUT2D eigenvalue weighted by molar-refractivity contribution is -0.139. The van der Waals surface area contributed by atoms with Gasteiger partial charge in [-0.2, -0.15) is 4.31 Å². The zero-order valence-electron chi connectivity index (χ0n) is 17.5. The molecule has 0 aromatic heterocycles. The zero-order chi connectivity index (χ0) is 22.6. The quantitative estimate of drug-likeness (QED) is 0.663. The van der Waals surface area contributed by atoms with Crippen molar-refractivity contribution >= 4 is 21.8 Å². The number of benzene rings is 2.